The Hall–Kier alpha value is -2.29. The maximum absolute atomic E-state index is 13.5. The van der Waals surface area contributed by atoms with Crippen molar-refractivity contribution in [3.8, 4) is 5.75 Å². The number of hydrogen-bond acceptors (Lipinski definition) is 3. The fourth-order valence-electron chi connectivity index (χ4n) is 6.14. The molecule has 2 aromatic rings. The molecular formula is C41H66O3. The molecule has 1 atom stereocenters. The van der Waals surface area contributed by atoms with E-state index < -0.39 is 0 Å². The van der Waals surface area contributed by atoms with Crippen molar-refractivity contribution in [1.29, 1.82) is 0 Å². The van der Waals surface area contributed by atoms with Gasteiger partial charge in [0.15, 0.2) is 0 Å². The minimum absolute atomic E-state index is 0.153. The number of unbranched alkanes of at least 4 members (excludes halogenated alkanes) is 15. The van der Waals surface area contributed by atoms with Crippen molar-refractivity contribution >= 4 is 5.97 Å². The van der Waals surface area contributed by atoms with E-state index in [1.54, 1.807) is 0 Å². The van der Waals surface area contributed by atoms with Crippen LogP contribution in [0, 0.1) is 0 Å². The SMILES string of the molecule is CCCCCCCCCCCCCCCCCCOC(=O)C(Cc1cc(C(C)(C)C)c(O)c(C(C)(C)C)c1)c1ccccc1. The third-order valence-corrected chi connectivity index (χ3v) is 8.95. The number of esters is 1. The monoisotopic (exact) mass is 607 g/mol. The maximum atomic E-state index is 13.5. The van der Waals surface area contributed by atoms with Crippen LogP contribution in [0.4, 0.5) is 0 Å². The van der Waals surface area contributed by atoms with E-state index in [4.69, 9.17) is 4.74 Å². The number of carbonyl (C=O) groups excluding carboxylic acids is 1. The van der Waals surface area contributed by atoms with Crippen LogP contribution in [-0.2, 0) is 26.8 Å². The summed E-state index contributed by atoms with van der Waals surface area (Å²) in [5.41, 5.74) is 3.46. The number of phenols is 1. The largest absolute Gasteiger partial charge is 0.507 e. The molecule has 0 saturated heterocycles. The molecule has 0 aliphatic heterocycles. The number of ether oxygens (including phenoxy) is 1. The van der Waals surface area contributed by atoms with E-state index in [-0.39, 0.29) is 22.7 Å². The summed E-state index contributed by atoms with van der Waals surface area (Å²) in [6.07, 6.45) is 21.8. The third-order valence-electron chi connectivity index (χ3n) is 8.95. The molecule has 0 radical (unpaired) electrons. The third kappa shape index (κ3) is 14.2. The van der Waals surface area contributed by atoms with Crippen LogP contribution in [0.2, 0.25) is 0 Å². The quantitative estimate of drug-likeness (QED) is 0.114. The zero-order chi connectivity index (χ0) is 32.4. The van der Waals surface area contributed by atoms with E-state index in [0.29, 0.717) is 18.8 Å². The molecule has 3 nitrogen and oxygen atoms in total. The number of benzene rings is 2. The number of aromatic hydroxyl groups is 1. The Morgan fingerprint density at radius 1 is 0.659 bits per heavy atom. The summed E-state index contributed by atoms with van der Waals surface area (Å²) in [7, 11) is 0. The minimum atomic E-state index is -0.373. The fourth-order valence-corrected chi connectivity index (χ4v) is 6.14. The predicted molar refractivity (Wildman–Crippen MR) is 189 cm³/mol. The highest BCUT2D eigenvalue weighted by molar-refractivity contribution is 5.78. The summed E-state index contributed by atoms with van der Waals surface area (Å²) >= 11 is 0. The lowest BCUT2D eigenvalue weighted by molar-refractivity contribution is -0.145. The molecule has 248 valence electrons. The second kappa shape index (κ2) is 20.0. The first-order valence-electron chi connectivity index (χ1n) is 18.0. The highest BCUT2D eigenvalue weighted by atomic mass is 16.5. The van der Waals surface area contributed by atoms with E-state index in [2.05, 4.69) is 60.6 Å². The zero-order valence-electron chi connectivity index (χ0n) is 29.6. The van der Waals surface area contributed by atoms with Crippen molar-refractivity contribution in [2.45, 2.75) is 174 Å². The molecule has 0 saturated carbocycles. The van der Waals surface area contributed by atoms with E-state index in [1.165, 1.54) is 89.9 Å². The summed E-state index contributed by atoms with van der Waals surface area (Å²) in [5, 5.41) is 11.2. The molecule has 2 aromatic carbocycles. The Morgan fingerprint density at radius 3 is 1.48 bits per heavy atom. The fraction of sp³-hybridized carbons (Fsp3) is 0.683. The van der Waals surface area contributed by atoms with Crippen LogP contribution in [0.15, 0.2) is 42.5 Å². The van der Waals surface area contributed by atoms with Crippen LogP contribution in [-0.4, -0.2) is 17.7 Å². The number of hydrogen-bond donors (Lipinski definition) is 1. The Morgan fingerprint density at radius 2 is 1.07 bits per heavy atom. The first-order valence-corrected chi connectivity index (χ1v) is 18.0. The van der Waals surface area contributed by atoms with Gasteiger partial charge in [0.1, 0.15) is 5.75 Å². The van der Waals surface area contributed by atoms with Crippen LogP contribution in [0.1, 0.15) is 179 Å². The molecule has 1 N–H and O–H groups in total. The lowest BCUT2D eigenvalue weighted by Gasteiger charge is -2.29. The van der Waals surface area contributed by atoms with Gasteiger partial charge in [0.05, 0.1) is 12.5 Å². The van der Waals surface area contributed by atoms with Crippen LogP contribution in [0.3, 0.4) is 0 Å². The summed E-state index contributed by atoms with van der Waals surface area (Å²) in [6, 6.07) is 14.2. The first kappa shape index (κ1) is 37.9. The van der Waals surface area contributed by atoms with Gasteiger partial charge in [-0.15, -0.1) is 0 Å². The number of carbonyl (C=O) groups is 1. The van der Waals surface area contributed by atoms with Gasteiger partial charge in [0, 0.05) is 0 Å². The van der Waals surface area contributed by atoms with Gasteiger partial charge < -0.3 is 9.84 Å². The normalized spacial score (nSPS) is 12.8. The van der Waals surface area contributed by atoms with Gasteiger partial charge >= 0.3 is 5.97 Å². The van der Waals surface area contributed by atoms with Crippen molar-refractivity contribution < 1.29 is 14.6 Å². The average Bonchev–Trinajstić information content (AvgIpc) is 2.97. The number of phenolic OH excluding ortho intramolecular Hbond substituents is 1. The van der Waals surface area contributed by atoms with Crippen LogP contribution in [0.5, 0.6) is 5.75 Å². The molecule has 2 rings (SSSR count). The second-order valence-corrected chi connectivity index (χ2v) is 15.2. The molecule has 0 spiro atoms. The van der Waals surface area contributed by atoms with Crippen molar-refractivity contribution in [3.05, 3.63) is 64.7 Å². The zero-order valence-corrected chi connectivity index (χ0v) is 29.6. The second-order valence-electron chi connectivity index (χ2n) is 15.2. The maximum Gasteiger partial charge on any atom is 0.313 e. The molecule has 3 heteroatoms. The number of rotatable bonds is 21. The van der Waals surface area contributed by atoms with Crippen LogP contribution in [0.25, 0.3) is 0 Å². The summed E-state index contributed by atoms with van der Waals surface area (Å²) in [4.78, 5) is 13.5. The molecule has 44 heavy (non-hydrogen) atoms. The van der Waals surface area contributed by atoms with Gasteiger partial charge in [-0.3, -0.25) is 4.79 Å². The molecule has 0 amide bonds. The van der Waals surface area contributed by atoms with Gasteiger partial charge in [-0.05, 0) is 45.9 Å². The summed E-state index contributed by atoms with van der Waals surface area (Å²) in [6.45, 7) is 15.5. The Bertz CT molecular complexity index is 1020. The smallest absolute Gasteiger partial charge is 0.313 e. The Balaban J connectivity index is 1.79. The molecule has 0 fully saturated rings. The van der Waals surface area contributed by atoms with Gasteiger partial charge in [0.25, 0.3) is 0 Å². The van der Waals surface area contributed by atoms with E-state index in [0.717, 1.165) is 35.1 Å². The van der Waals surface area contributed by atoms with Gasteiger partial charge in [-0.1, -0.05) is 187 Å². The molecule has 0 heterocycles. The molecule has 0 aliphatic rings. The standard InChI is InChI=1S/C41H66O3/c1-8-9-10-11-12-13-14-15-16-17-18-19-20-21-22-26-29-44-39(43)35(34-27-24-23-25-28-34)30-33-31-36(40(2,3)4)38(42)37(32-33)41(5,6)7/h23-25,27-28,31-32,35,42H,8-22,26,29-30H2,1-7H3. The topological polar surface area (TPSA) is 46.5 Å². The lowest BCUT2D eigenvalue weighted by Crippen LogP contribution is -2.21. The van der Waals surface area contributed by atoms with Gasteiger partial charge in [-0.25, -0.2) is 0 Å². The Labute approximate surface area is 271 Å². The van der Waals surface area contributed by atoms with E-state index >= 15 is 0 Å². The summed E-state index contributed by atoms with van der Waals surface area (Å²) in [5.74, 6) is -0.154. The van der Waals surface area contributed by atoms with E-state index in [9.17, 15) is 9.90 Å². The highest BCUT2D eigenvalue weighted by Crippen LogP contribution is 2.40. The molecular weight excluding hydrogens is 540 g/mol. The predicted octanol–water partition coefficient (Wildman–Crippen LogP) is 12.1. The van der Waals surface area contributed by atoms with Crippen molar-refractivity contribution in [2.24, 2.45) is 0 Å². The van der Waals surface area contributed by atoms with Crippen molar-refractivity contribution in [1.82, 2.24) is 0 Å². The molecule has 0 aromatic heterocycles. The summed E-state index contributed by atoms with van der Waals surface area (Å²) < 4.78 is 5.88. The first-order chi connectivity index (χ1) is 20.9. The molecule has 0 aliphatic carbocycles. The minimum Gasteiger partial charge on any atom is -0.507 e. The highest BCUT2D eigenvalue weighted by Gasteiger charge is 2.29. The Kier molecular flexibility index (Phi) is 17.2. The van der Waals surface area contributed by atoms with Gasteiger partial charge in [0.2, 0.25) is 0 Å². The van der Waals surface area contributed by atoms with Crippen LogP contribution >= 0.6 is 0 Å². The van der Waals surface area contributed by atoms with Crippen LogP contribution < -0.4 is 0 Å². The van der Waals surface area contributed by atoms with Crippen molar-refractivity contribution in [3.63, 3.8) is 0 Å². The molecule has 1 unspecified atom stereocenters. The average molecular weight is 607 g/mol. The molecule has 0 bridgehead atoms. The van der Waals surface area contributed by atoms with E-state index in [1.807, 2.05) is 30.3 Å². The van der Waals surface area contributed by atoms with Gasteiger partial charge in [-0.2, -0.15) is 0 Å². The van der Waals surface area contributed by atoms with Crippen molar-refractivity contribution in [2.75, 3.05) is 6.61 Å². The lowest BCUT2D eigenvalue weighted by atomic mass is 9.77.